The monoisotopic (exact) mass is 239 g/mol. The number of thiazole rings is 1. The van der Waals surface area contributed by atoms with Crippen LogP contribution in [0.2, 0.25) is 0 Å². The molecule has 0 aromatic carbocycles. The van der Waals surface area contributed by atoms with Gasteiger partial charge in [-0.05, 0) is 44.7 Å². The Kier molecular flexibility index (Phi) is 4.32. The van der Waals surface area contributed by atoms with E-state index in [2.05, 4.69) is 15.7 Å². The standard InChI is InChI=1S/C12H21N3S/c1-9-8-16-12(15-9)7-14-6-11-4-2-3-10(11)5-13/h8,10-11,14H,2-7,13H2,1H3. The van der Waals surface area contributed by atoms with Crippen molar-refractivity contribution in [1.29, 1.82) is 0 Å². The summed E-state index contributed by atoms with van der Waals surface area (Å²) in [5.74, 6) is 1.52. The second kappa shape index (κ2) is 5.75. The molecule has 1 aromatic rings. The van der Waals surface area contributed by atoms with Gasteiger partial charge in [-0.1, -0.05) is 6.42 Å². The Bertz CT molecular complexity index is 324. The maximum atomic E-state index is 5.77. The third-order valence-electron chi connectivity index (χ3n) is 3.47. The van der Waals surface area contributed by atoms with Gasteiger partial charge in [0.2, 0.25) is 0 Å². The smallest absolute Gasteiger partial charge is 0.107 e. The van der Waals surface area contributed by atoms with E-state index in [4.69, 9.17) is 5.73 Å². The lowest BCUT2D eigenvalue weighted by Crippen LogP contribution is -2.28. The molecule has 2 rings (SSSR count). The predicted octanol–water partition coefficient (Wildman–Crippen LogP) is 1.92. The molecule has 1 fully saturated rings. The Hall–Kier alpha value is -0.450. The molecule has 1 heterocycles. The highest BCUT2D eigenvalue weighted by atomic mass is 32.1. The molecule has 0 saturated heterocycles. The highest BCUT2D eigenvalue weighted by Crippen LogP contribution is 2.30. The van der Waals surface area contributed by atoms with Crippen LogP contribution in [0.5, 0.6) is 0 Å². The van der Waals surface area contributed by atoms with E-state index in [0.717, 1.165) is 37.2 Å². The molecule has 3 nitrogen and oxygen atoms in total. The predicted molar refractivity (Wildman–Crippen MR) is 68.4 cm³/mol. The van der Waals surface area contributed by atoms with Crippen LogP contribution in [0.1, 0.15) is 30.0 Å². The van der Waals surface area contributed by atoms with Gasteiger partial charge in [-0.3, -0.25) is 0 Å². The summed E-state index contributed by atoms with van der Waals surface area (Å²) in [6.45, 7) is 4.90. The zero-order valence-electron chi connectivity index (χ0n) is 9.91. The second-order valence-corrected chi connectivity index (χ2v) is 5.64. The van der Waals surface area contributed by atoms with Crippen molar-refractivity contribution in [3.63, 3.8) is 0 Å². The average molecular weight is 239 g/mol. The number of nitrogens with zero attached hydrogens (tertiary/aromatic N) is 1. The molecule has 0 spiro atoms. The second-order valence-electron chi connectivity index (χ2n) is 4.70. The van der Waals surface area contributed by atoms with Crippen LogP contribution in [-0.4, -0.2) is 18.1 Å². The summed E-state index contributed by atoms with van der Waals surface area (Å²) < 4.78 is 0. The lowest BCUT2D eigenvalue weighted by molar-refractivity contribution is 0.373. The zero-order valence-corrected chi connectivity index (χ0v) is 10.7. The molecule has 1 saturated carbocycles. The van der Waals surface area contributed by atoms with Crippen LogP contribution in [0.3, 0.4) is 0 Å². The van der Waals surface area contributed by atoms with Crippen molar-refractivity contribution < 1.29 is 0 Å². The molecule has 0 radical (unpaired) electrons. The summed E-state index contributed by atoms with van der Waals surface area (Å²) in [6, 6.07) is 0. The zero-order chi connectivity index (χ0) is 11.4. The number of nitrogens with two attached hydrogens (primary N) is 1. The summed E-state index contributed by atoms with van der Waals surface area (Å²) in [4.78, 5) is 4.45. The first-order valence-electron chi connectivity index (χ1n) is 6.11. The van der Waals surface area contributed by atoms with Crippen molar-refractivity contribution in [3.8, 4) is 0 Å². The molecule has 1 aliphatic rings. The molecular formula is C12H21N3S. The van der Waals surface area contributed by atoms with Crippen LogP contribution >= 0.6 is 11.3 Å². The van der Waals surface area contributed by atoms with E-state index in [-0.39, 0.29) is 0 Å². The number of hydrogen-bond acceptors (Lipinski definition) is 4. The Morgan fingerprint density at radius 3 is 3.00 bits per heavy atom. The van der Waals surface area contributed by atoms with E-state index in [1.54, 1.807) is 11.3 Å². The Labute approximate surface area is 101 Å². The normalized spacial score (nSPS) is 25.1. The number of nitrogens with one attached hydrogen (secondary N) is 1. The maximum Gasteiger partial charge on any atom is 0.107 e. The molecule has 0 aliphatic heterocycles. The third-order valence-corrected chi connectivity index (χ3v) is 4.44. The van der Waals surface area contributed by atoms with Gasteiger partial charge in [0.15, 0.2) is 0 Å². The average Bonchev–Trinajstić information content (AvgIpc) is 2.87. The fourth-order valence-corrected chi connectivity index (χ4v) is 3.28. The van der Waals surface area contributed by atoms with Crippen LogP contribution < -0.4 is 11.1 Å². The highest BCUT2D eigenvalue weighted by Gasteiger charge is 2.25. The lowest BCUT2D eigenvalue weighted by atomic mass is 9.96. The van der Waals surface area contributed by atoms with Gasteiger partial charge in [0.1, 0.15) is 5.01 Å². The van der Waals surface area contributed by atoms with Gasteiger partial charge < -0.3 is 11.1 Å². The lowest BCUT2D eigenvalue weighted by Gasteiger charge is -2.17. The Balaban J connectivity index is 1.71. The van der Waals surface area contributed by atoms with Crippen molar-refractivity contribution in [2.45, 2.75) is 32.7 Å². The van der Waals surface area contributed by atoms with Crippen molar-refractivity contribution >= 4 is 11.3 Å². The van der Waals surface area contributed by atoms with E-state index in [9.17, 15) is 0 Å². The SMILES string of the molecule is Cc1csc(CNCC2CCCC2CN)n1. The fraction of sp³-hybridized carbons (Fsp3) is 0.750. The van der Waals surface area contributed by atoms with Gasteiger partial charge in [0.05, 0.1) is 0 Å². The quantitative estimate of drug-likeness (QED) is 0.825. The van der Waals surface area contributed by atoms with E-state index in [1.165, 1.54) is 24.3 Å². The molecule has 1 aliphatic carbocycles. The first kappa shape index (κ1) is 12.0. The maximum absolute atomic E-state index is 5.77. The largest absolute Gasteiger partial charge is 0.330 e. The van der Waals surface area contributed by atoms with Crippen molar-refractivity contribution in [1.82, 2.24) is 10.3 Å². The molecule has 0 amide bonds. The van der Waals surface area contributed by atoms with Crippen LogP contribution in [0.4, 0.5) is 0 Å². The minimum absolute atomic E-state index is 0.741. The van der Waals surface area contributed by atoms with Gasteiger partial charge in [-0.25, -0.2) is 4.98 Å². The summed E-state index contributed by atoms with van der Waals surface area (Å²) in [6.07, 6.45) is 4.01. The topological polar surface area (TPSA) is 50.9 Å². The Morgan fingerprint density at radius 2 is 2.31 bits per heavy atom. The van der Waals surface area contributed by atoms with Crippen LogP contribution in [0.15, 0.2) is 5.38 Å². The summed E-state index contributed by atoms with van der Waals surface area (Å²) in [5, 5.41) is 6.81. The summed E-state index contributed by atoms with van der Waals surface area (Å²) in [5.41, 5.74) is 6.90. The molecule has 16 heavy (non-hydrogen) atoms. The number of aryl methyl sites for hydroxylation is 1. The van der Waals surface area contributed by atoms with E-state index in [0.29, 0.717) is 0 Å². The molecule has 0 bridgehead atoms. The number of aromatic nitrogens is 1. The Morgan fingerprint density at radius 1 is 1.50 bits per heavy atom. The van der Waals surface area contributed by atoms with Gasteiger partial charge in [-0.2, -0.15) is 0 Å². The molecule has 2 unspecified atom stereocenters. The molecule has 4 heteroatoms. The van der Waals surface area contributed by atoms with Crippen LogP contribution in [0, 0.1) is 18.8 Å². The minimum atomic E-state index is 0.741. The molecule has 1 aromatic heterocycles. The summed E-state index contributed by atoms with van der Waals surface area (Å²) >= 11 is 1.74. The van der Waals surface area contributed by atoms with E-state index in [1.807, 2.05) is 6.92 Å². The molecular weight excluding hydrogens is 218 g/mol. The van der Waals surface area contributed by atoms with Crippen LogP contribution in [0.25, 0.3) is 0 Å². The number of hydrogen-bond donors (Lipinski definition) is 2. The third kappa shape index (κ3) is 3.03. The van der Waals surface area contributed by atoms with Crippen LogP contribution in [-0.2, 0) is 6.54 Å². The van der Waals surface area contributed by atoms with Crippen molar-refractivity contribution in [2.75, 3.05) is 13.1 Å². The molecule has 2 atom stereocenters. The van der Waals surface area contributed by atoms with E-state index >= 15 is 0 Å². The van der Waals surface area contributed by atoms with Crippen molar-refractivity contribution in [2.24, 2.45) is 17.6 Å². The van der Waals surface area contributed by atoms with Gasteiger partial charge in [0.25, 0.3) is 0 Å². The number of rotatable bonds is 5. The fourth-order valence-electron chi connectivity index (χ4n) is 2.54. The first-order valence-corrected chi connectivity index (χ1v) is 6.99. The van der Waals surface area contributed by atoms with Crippen molar-refractivity contribution in [3.05, 3.63) is 16.1 Å². The minimum Gasteiger partial charge on any atom is -0.330 e. The highest BCUT2D eigenvalue weighted by molar-refractivity contribution is 7.09. The molecule has 90 valence electrons. The van der Waals surface area contributed by atoms with Gasteiger partial charge >= 0.3 is 0 Å². The van der Waals surface area contributed by atoms with Gasteiger partial charge in [0, 0.05) is 17.6 Å². The molecule has 3 N–H and O–H groups in total. The van der Waals surface area contributed by atoms with E-state index < -0.39 is 0 Å². The van der Waals surface area contributed by atoms with Gasteiger partial charge in [-0.15, -0.1) is 11.3 Å². The first-order chi connectivity index (χ1) is 7.79. The summed E-state index contributed by atoms with van der Waals surface area (Å²) in [7, 11) is 0.